The van der Waals surface area contributed by atoms with E-state index >= 15 is 0 Å². The number of amides is 1. The summed E-state index contributed by atoms with van der Waals surface area (Å²) < 4.78 is 7.91. The van der Waals surface area contributed by atoms with E-state index in [0.717, 1.165) is 30.9 Å². The maximum absolute atomic E-state index is 12.8. The maximum Gasteiger partial charge on any atom is 0.257 e. The minimum atomic E-state index is -0.172. The Hall–Kier alpha value is -3.15. The van der Waals surface area contributed by atoms with Crippen molar-refractivity contribution in [3.63, 3.8) is 0 Å². The van der Waals surface area contributed by atoms with Gasteiger partial charge in [-0.1, -0.05) is 18.2 Å². The van der Waals surface area contributed by atoms with Crippen LogP contribution in [0, 0.1) is 6.92 Å². The van der Waals surface area contributed by atoms with E-state index in [4.69, 9.17) is 4.74 Å². The fraction of sp³-hybridized carbons (Fsp3) is 0.250. The molecule has 0 saturated carbocycles. The zero-order chi connectivity index (χ0) is 17.9. The summed E-state index contributed by atoms with van der Waals surface area (Å²) >= 11 is 0. The standard InChI is InChI=1S/C20H20N4O2/c1-14-12-24-13-15(9-10-18(24)22-14)23-19(25)17-8-5-11-21-20(17)26-16-6-3-2-4-7-16/h2-8,11-12,15H,9-10,13H2,1H3,(H,23,25). The number of hydrogen-bond donors (Lipinski definition) is 1. The number of benzene rings is 1. The van der Waals surface area contributed by atoms with Gasteiger partial charge in [0.15, 0.2) is 0 Å². The summed E-state index contributed by atoms with van der Waals surface area (Å²) in [4.78, 5) is 21.5. The van der Waals surface area contributed by atoms with Crippen LogP contribution in [-0.2, 0) is 13.0 Å². The summed E-state index contributed by atoms with van der Waals surface area (Å²) in [5.74, 6) is 1.87. The van der Waals surface area contributed by atoms with Gasteiger partial charge in [0, 0.05) is 31.4 Å². The van der Waals surface area contributed by atoms with Gasteiger partial charge in [0.2, 0.25) is 5.88 Å². The lowest BCUT2D eigenvalue weighted by molar-refractivity contribution is 0.0924. The third kappa shape index (κ3) is 3.44. The summed E-state index contributed by atoms with van der Waals surface area (Å²) in [5.41, 5.74) is 1.45. The van der Waals surface area contributed by atoms with Gasteiger partial charge in [-0.25, -0.2) is 9.97 Å². The molecule has 1 atom stereocenters. The molecule has 0 bridgehead atoms. The highest BCUT2D eigenvalue weighted by Crippen LogP contribution is 2.23. The second-order valence-electron chi connectivity index (χ2n) is 6.43. The smallest absolute Gasteiger partial charge is 0.257 e. The molecule has 132 valence electrons. The van der Waals surface area contributed by atoms with E-state index < -0.39 is 0 Å². The Morgan fingerprint density at radius 3 is 2.92 bits per heavy atom. The largest absolute Gasteiger partial charge is 0.438 e. The molecule has 0 aliphatic carbocycles. The highest BCUT2D eigenvalue weighted by molar-refractivity contribution is 5.96. The van der Waals surface area contributed by atoms with E-state index in [1.54, 1.807) is 18.3 Å². The van der Waals surface area contributed by atoms with Crippen LogP contribution in [0.2, 0.25) is 0 Å². The predicted molar refractivity (Wildman–Crippen MR) is 97.3 cm³/mol. The van der Waals surface area contributed by atoms with Crippen LogP contribution < -0.4 is 10.1 Å². The van der Waals surface area contributed by atoms with Gasteiger partial charge in [0.1, 0.15) is 17.1 Å². The van der Waals surface area contributed by atoms with Gasteiger partial charge in [-0.2, -0.15) is 0 Å². The molecule has 1 N–H and O–H groups in total. The summed E-state index contributed by atoms with van der Waals surface area (Å²) in [7, 11) is 0. The number of nitrogens with one attached hydrogen (secondary N) is 1. The van der Waals surface area contributed by atoms with Crippen molar-refractivity contribution in [2.24, 2.45) is 0 Å². The molecule has 6 nitrogen and oxygen atoms in total. The number of aromatic nitrogens is 3. The molecule has 0 fully saturated rings. The summed E-state index contributed by atoms with van der Waals surface area (Å²) in [5, 5.41) is 3.10. The van der Waals surface area contributed by atoms with Crippen molar-refractivity contribution in [1.82, 2.24) is 19.9 Å². The third-order valence-corrected chi connectivity index (χ3v) is 4.42. The van der Waals surface area contributed by atoms with Crippen LogP contribution in [0.5, 0.6) is 11.6 Å². The van der Waals surface area contributed by atoms with Gasteiger partial charge in [0.25, 0.3) is 5.91 Å². The van der Waals surface area contributed by atoms with Gasteiger partial charge in [-0.3, -0.25) is 4.79 Å². The maximum atomic E-state index is 12.8. The number of para-hydroxylation sites is 1. The first-order chi connectivity index (χ1) is 12.7. The van der Waals surface area contributed by atoms with Crippen molar-refractivity contribution in [3.05, 3.63) is 71.9 Å². The van der Waals surface area contributed by atoms with Crippen molar-refractivity contribution in [2.75, 3.05) is 0 Å². The summed E-state index contributed by atoms with van der Waals surface area (Å²) in [6.45, 7) is 2.72. The van der Waals surface area contributed by atoms with E-state index in [2.05, 4.69) is 19.9 Å². The fourth-order valence-corrected chi connectivity index (χ4v) is 3.21. The Bertz CT molecular complexity index is 921. The molecule has 0 spiro atoms. The van der Waals surface area contributed by atoms with Gasteiger partial charge in [-0.15, -0.1) is 0 Å². The van der Waals surface area contributed by atoms with E-state index in [1.807, 2.05) is 43.5 Å². The summed E-state index contributed by atoms with van der Waals surface area (Å²) in [6.07, 6.45) is 5.38. The number of carbonyl (C=O) groups is 1. The lowest BCUT2D eigenvalue weighted by Gasteiger charge is -2.25. The van der Waals surface area contributed by atoms with E-state index in [0.29, 0.717) is 17.2 Å². The fourth-order valence-electron chi connectivity index (χ4n) is 3.21. The van der Waals surface area contributed by atoms with Crippen molar-refractivity contribution in [2.45, 2.75) is 32.4 Å². The van der Waals surface area contributed by atoms with Crippen molar-refractivity contribution >= 4 is 5.91 Å². The van der Waals surface area contributed by atoms with Crippen LogP contribution in [0.4, 0.5) is 0 Å². The topological polar surface area (TPSA) is 69.0 Å². The van der Waals surface area contributed by atoms with Crippen molar-refractivity contribution in [3.8, 4) is 11.6 Å². The molecule has 1 unspecified atom stereocenters. The highest BCUT2D eigenvalue weighted by atomic mass is 16.5. The Morgan fingerprint density at radius 2 is 2.08 bits per heavy atom. The van der Waals surface area contributed by atoms with Gasteiger partial charge in [-0.05, 0) is 37.6 Å². The molecule has 3 aromatic rings. The average Bonchev–Trinajstić information content (AvgIpc) is 3.02. The van der Waals surface area contributed by atoms with E-state index in [9.17, 15) is 4.79 Å². The number of aryl methyl sites for hydroxylation is 2. The van der Waals surface area contributed by atoms with E-state index in [-0.39, 0.29) is 11.9 Å². The zero-order valence-corrected chi connectivity index (χ0v) is 14.6. The molecule has 0 saturated heterocycles. The van der Waals surface area contributed by atoms with Crippen LogP contribution in [0.1, 0.15) is 28.3 Å². The number of fused-ring (bicyclic) bond motifs is 1. The number of pyridine rings is 1. The molecule has 4 rings (SSSR count). The molecule has 0 radical (unpaired) electrons. The molecule has 6 heteroatoms. The number of ether oxygens (including phenoxy) is 1. The molecule has 1 aliphatic rings. The number of rotatable bonds is 4. The SMILES string of the molecule is Cc1cn2c(n1)CCC(NC(=O)c1cccnc1Oc1ccccc1)C2. The van der Waals surface area contributed by atoms with E-state index in [1.165, 1.54) is 0 Å². The van der Waals surface area contributed by atoms with Gasteiger partial charge >= 0.3 is 0 Å². The molecular weight excluding hydrogens is 328 g/mol. The highest BCUT2D eigenvalue weighted by Gasteiger charge is 2.23. The second kappa shape index (κ2) is 7.00. The van der Waals surface area contributed by atoms with Gasteiger partial charge in [0.05, 0.1) is 5.69 Å². The van der Waals surface area contributed by atoms with Crippen LogP contribution >= 0.6 is 0 Å². The molecule has 26 heavy (non-hydrogen) atoms. The first-order valence-electron chi connectivity index (χ1n) is 8.70. The van der Waals surface area contributed by atoms with Crippen LogP contribution in [0.25, 0.3) is 0 Å². The first kappa shape index (κ1) is 16.3. The number of nitrogens with zero attached hydrogens (tertiary/aromatic N) is 3. The van der Waals surface area contributed by atoms with Crippen molar-refractivity contribution < 1.29 is 9.53 Å². The summed E-state index contributed by atoms with van der Waals surface area (Å²) in [6, 6.07) is 12.9. The third-order valence-electron chi connectivity index (χ3n) is 4.42. The monoisotopic (exact) mass is 348 g/mol. The predicted octanol–water partition coefficient (Wildman–Crippen LogP) is 3.12. The number of imidazole rings is 1. The second-order valence-corrected chi connectivity index (χ2v) is 6.43. The van der Waals surface area contributed by atoms with Gasteiger partial charge < -0.3 is 14.6 Å². The van der Waals surface area contributed by atoms with Crippen LogP contribution in [0.3, 0.4) is 0 Å². The molecule has 1 aliphatic heterocycles. The number of hydrogen-bond acceptors (Lipinski definition) is 4. The average molecular weight is 348 g/mol. The quantitative estimate of drug-likeness (QED) is 0.786. The molecule has 1 amide bonds. The van der Waals surface area contributed by atoms with Crippen molar-refractivity contribution in [1.29, 1.82) is 0 Å². The lowest BCUT2D eigenvalue weighted by Crippen LogP contribution is -2.41. The normalized spacial score (nSPS) is 16.0. The van der Waals surface area contributed by atoms with Crippen LogP contribution in [0.15, 0.2) is 54.9 Å². The minimum absolute atomic E-state index is 0.0633. The molecule has 2 aromatic heterocycles. The lowest BCUT2D eigenvalue weighted by atomic mass is 10.1. The Balaban J connectivity index is 1.49. The first-order valence-corrected chi connectivity index (χ1v) is 8.70. The van der Waals surface area contributed by atoms with Crippen LogP contribution in [-0.4, -0.2) is 26.5 Å². The Labute approximate surface area is 151 Å². The zero-order valence-electron chi connectivity index (χ0n) is 14.6. The minimum Gasteiger partial charge on any atom is -0.438 e. The Kier molecular flexibility index (Phi) is 4.39. The Morgan fingerprint density at radius 1 is 1.23 bits per heavy atom. The molecule has 1 aromatic carbocycles. The number of carbonyl (C=O) groups excluding carboxylic acids is 1. The molecule has 3 heterocycles. The molecular formula is C20H20N4O2.